The van der Waals surface area contributed by atoms with Crippen LogP contribution in [0.4, 0.5) is 0 Å². The summed E-state index contributed by atoms with van der Waals surface area (Å²) in [7, 11) is 0. The Bertz CT molecular complexity index is 259. The third-order valence-corrected chi connectivity index (χ3v) is 4.92. The molecule has 1 heteroatoms. The molecule has 2 N–H and O–H groups in total. The molecule has 0 saturated heterocycles. The molecule has 15 heavy (non-hydrogen) atoms. The lowest BCUT2D eigenvalue weighted by molar-refractivity contribution is 0.389. The first-order chi connectivity index (χ1) is 7.31. The Hall–Kier alpha value is -0.300. The topological polar surface area (TPSA) is 26.0 Å². The summed E-state index contributed by atoms with van der Waals surface area (Å²) in [6.07, 6.45) is 13.8. The molecule has 0 heterocycles. The number of rotatable bonds is 1. The van der Waals surface area contributed by atoms with E-state index in [1.165, 1.54) is 51.4 Å². The van der Waals surface area contributed by atoms with Gasteiger partial charge in [-0.1, -0.05) is 18.1 Å². The average Bonchev–Trinajstić information content (AvgIpc) is 2.83. The molecule has 0 aliphatic heterocycles. The van der Waals surface area contributed by atoms with Crippen molar-refractivity contribution in [1.29, 1.82) is 0 Å². The summed E-state index contributed by atoms with van der Waals surface area (Å²) in [6.45, 7) is 0. The Morgan fingerprint density at radius 3 is 2.40 bits per heavy atom. The number of nitrogens with two attached hydrogens (primary N) is 1. The van der Waals surface area contributed by atoms with Crippen LogP contribution in [-0.2, 0) is 0 Å². The Morgan fingerprint density at radius 1 is 1.00 bits per heavy atom. The summed E-state index contributed by atoms with van der Waals surface area (Å²) < 4.78 is 0. The first-order valence-electron chi connectivity index (χ1n) is 6.76. The molecule has 0 aromatic rings. The van der Waals surface area contributed by atoms with Crippen molar-refractivity contribution < 1.29 is 0 Å². The van der Waals surface area contributed by atoms with Crippen molar-refractivity contribution in [2.45, 2.75) is 57.4 Å². The van der Waals surface area contributed by atoms with E-state index in [9.17, 15) is 0 Å². The normalized spacial score (nSPS) is 44.7. The molecule has 3 fully saturated rings. The van der Waals surface area contributed by atoms with Crippen LogP contribution in [0.2, 0.25) is 0 Å². The van der Waals surface area contributed by atoms with Crippen LogP contribution in [0.1, 0.15) is 51.4 Å². The summed E-state index contributed by atoms with van der Waals surface area (Å²) in [5.41, 5.74) is 7.67. The monoisotopic (exact) mass is 205 g/mol. The lowest BCUT2D eigenvalue weighted by Crippen LogP contribution is -2.23. The molecule has 1 nitrogen and oxygen atoms in total. The minimum absolute atomic E-state index is 0.488. The van der Waals surface area contributed by atoms with E-state index < -0.39 is 0 Å². The van der Waals surface area contributed by atoms with Crippen LogP contribution < -0.4 is 5.73 Å². The Morgan fingerprint density at radius 2 is 1.80 bits per heavy atom. The van der Waals surface area contributed by atoms with Crippen LogP contribution in [0.25, 0.3) is 0 Å². The number of hydrogen-bond acceptors (Lipinski definition) is 1. The van der Waals surface area contributed by atoms with E-state index in [0.717, 1.165) is 17.8 Å². The second-order valence-electron chi connectivity index (χ2n) is 6.00. The Kier molecular flexibility index (Phi) is 2.59. The molecule has 3 saturated carbocycles. The van der Waals surface area contributed by atoms with Gasteiger partial charge in [0.1, 0.15) is 0 Å². The van der Waals surface area contributed by atoms with Crippen LogP contribution in [0.3, 0.4) is 0 Å². The summed E-state index contributed by atoms with van der Waals surface area (Å²) in [6, 6.07) is 0.488. The van der Waals surface area contributed by atoms with Crippen LogP contribution in [0.15, 0.2) is 11.6 Å². The fourth-order valence-corrected chi connectivity index (χ4v) is 3.98. The maximum absolute atomic E-state index is 5.94. The second kappa shape index (κ2) is 3.93. The minimum atomic E-state index is 0.488. The molecule has 3 atom stereocenters. The lowest BCUT2D eigenvalue weighted by atomic mass is 9.83. The van der Waals surface area contributed by atoms with Gasteiger partial charge in [0.25, 0.3) is 0 Å². The van der Waals surface area contributed by atoms with Crippen molar-refractivity contribution >= 4 is 0 Å². The van der Waals surface area contributed by atoms with E-state index in [0.29, 0.717) is 6.04 Å². The molecule has 0 spiro atoms. The zero-order valence-corrected chi connectivity index (χ0v) is 9.62. The number of allylic oxidation sites excluding steroid dienone is 2. The van der Waals surface area contributed by atoms with Crippen molar-refractivity contribution in [3.05, 3.63) is 11.6 Å². The van der Waals surface area contributed by atoms with E-state index in [1.54, 1.807) is 5.57 Å². The highest BCUT2D eigenvalue weighted by molar-refractivity contribution is 5.11. The molecule has 3 aliphatic carbocycles. The van der Waals surface area contributed by atoms with Crippen molar-refractivity contribution in [1.82, 2.24) is 0 Å². The van der Waals surface area contributed by atoms with E-state index in [1.807, 2.05) is 0 Å². The standard InChI is InChI=1S/C14H23N/c15-14-5-2-10(3-6-14)7-13-9-11-1-4-12(13)8-11/h7,11-14H,1-6,8-9,15H2. The van der Waals surface area contributed by atoms with Crippen molar-refractivity contribution in [2.75, 3.05) is 0 Å². The van der Waals surface area contributed by atoms with E-state index in [-0.39, 0.29) is 0 Å². The van der Waals surface area contributed by atoms with Gasteiger partial charge in [0.15, 0.2) is 0 Å². The van der Waals surface area contributed by atoms with Crippen molar-refractivity contribution in [2.24, 2.45) is 23.5 Å². The van der Waals surface area contributed by atoms with Crippen molar-refractivity contribution in [3.63, 3.8) is 0 Å². The fraction of sp³-hybridized carbons (Fsp3) is 0.857. The maximum Gasteiger partial charge on any atom is 0.00449 e. The zero-order valence-electron chi connectivity index (χ0n) is 9.62. The molecule has 84 valence electrons. The van der Waals surface area contributed by atoms with E-state index >= 15 is 0 Å². The molecule has 3 unspecified atom stereocenters. The van der Waals surface area contributed by atoms with Gasteiger partial charge in [0.2, 0.25) is 0 Å². The largest absolute Gasteiger partial charge is 0.328 e. The Labute approximate surface area is 93.1 Å². The third-order valence-electron chi connectivity index (χ3n) is 4.92. The van der Waals surface area contributed by atoms with Gasteiger partial charge in [0, 0.05) is 6.04 Å². The van der Waals surface area contributed by atoms with Crippen LogP contribution >= 0.6 is 0 Å². The van der Waals surface area contributed by atoms with Gasteiger partial charge in [0.05, 0.1) is 0 Å². The predicted molar refractivity (Wildman–Crippen MR) is 63.5 cm³/mol. The van der Waals surface area contributed by atoms with Gasteiger partial charge in [-0.2, -0.15) is 0 Å². The quantitative estimate of drug-likeness (QED) is 0.653. The van der Waals surface area contributed by atoms with Gasteiger partial charge in [-0.25, -0.2) is 0 Å². The molecule has 3 rings (SSSR count). The third kappa shape index (κ3) is 1.99. The molecule has 0 aromatic heterocycles. The van der Waals surface area contributed by atoms with Crippen LogP contribution in [-0.4, -0.2) is 6.04 Å². The molecule has 0 amide bonds. The van der Waals surface area contributed by atoms with Crippen LogP contribution in [0.5, 0.6) is 0 Å². The Balaban J connectivity index is 1.62. The summed E-state index contributed by atoms with van der Waals surface area (Å²) in [4.78, 5) is 0. The van der Waals surface area contributed by atoms with Gasteiger partial charge < -0.3 is 5.73 Å². The highest BCUT2D eigenvalue weighted by Crippen LogP contribution is 2.49. The summed E-state index contributed by atoms with van der Waals surface area (Å²) >= 11 is 0. The molecule has 0 aromatic carbocycles. The molecular weight excluding hydrogens is 182 g/mol. The number of fused-ring (bicyclic) bond motifs is 2. The van der Waals surface area contributed by atoms with E-state index in [2.05, 4.69) is 6.08 Å². The first-order valence-corrected chi connectivity index (χ1v) is 6.76. The van der Waals surface area contributed by atoms with Gasteiger partial charge in [-0.3, -0.25) is 0 Å². The average molecular weight is 205 g/mol. The lowest BCUT2D eigenvalue weighted by Gasteiger charge is -2.24. The van der Waals surface area contributed by atoms with Crippen LogP contribution in [0, 0.1) is 17.8 Å². The van der Waals surface area contributed by atoms with Crippen molar-refractivity contribution in [3.8, 4) is 0 Å². The summed E-state index contributed by atoms with van der Waals surface area (Å²) in [5.74, 6) is 3.09. The van der Waals surface area contributed by atoms with Gasteiger partial charge in [-0.05, 0) is 62.7 Å². The minimum Gasteiger partial charge on any atom is -0.328 e. The smallest absolute Gasteiger partial charge is 0.00449 e. The molecule has 3 aliphatic rings. The van der Waals surface area contributed by atoms with Gasteiger partial charge in [-0.15, -0.1) is 0 Å². The fourth-order valence-electron chi connectivity index (χ4n) is 3.98. The second-order valence-corrected chi connectivity index (χ2v) is 6.00. The highest BCUT2D eigenvalue weighted by atomic mass is 14.6. The SMILES string of the molecule is NC1CCC(=CC2CC3CCC2C3)CC1. The zero-order chi connectivity index (χ0) is 10.3. The molecule has 2 bridgehead atoms. The summed E-state index contributed by atoms with van der Waals surface area (Å²) in [5, 5.41) is 0. The number of hydrogen-bond donors (Lipinski definition) is 1. The van der Waals surface area contributed by atoms with E-state index in [4.69, 9.17) is 5.73 Å². The highest BCUT2D eigenvalue weighted by Gasteiger charge is 2.38. The first kappa shape index (κ1) is 9.89. The van der Waals surface area contributed by atoms with Gasteiger partial charge >= 0.3 is 0 Å². The maximum atomic E-state index is 5.94. The molecular formula is C14H23N. The molecule has 0 radical (unpaired) electrons. The predicted octanol–water partition coefficient (Wildman–Crippen LogP) is 3.25.